The monoisotopic (exact) mass is 402 g/mol. The van der Waals surface area contributed by atoms with Crippen LogP contribution >= 0.6 is 23.2 Å². The molecule has 1 rings (SSSR count). The zero-order valence-corrected chi connectivity index (χ0v) is 17.4. The van der Waals surface area contributed by atoms with Crippen LogP contribution in [0.1, 0.15) is 47.0 Å². The van der Waals surface area contributed by atoms with Crippen molar-refractivity contribution in [2.45, 2.75) is 58.6 Å². The molecule has 0 bridgehead atoms. The van der Waals surface area contributed by atoms with Crippen LogP contribution in [-0.2, 0) is 9.53 Å². The van der Waals surface area contributed by atoms with Crippen molar-refractivity contribution in [3.63, 3.8) is 0 Å². The first-order valence-corrected chi connectivity index (χ1v) is 9.69. The first-order chi connectivity index (χ1) is 12.2. The van der Waals surface area contributed by atoms with Crippen LogP contribution in [-0.4, -0.2) is 36.1 Å². The van der Waals surface area contributed by atoms with Crippen LogP contribution in [0.15, 0.2) is 24.3 Å². The summed E-state index contributed by atoms with van der Waals surface area (Å²) in [5.74, 6) is -0.402. The van der Waals surface area contributed by atoms with Gasteiger partial charge in [0.1, 0.15) is 11.5 Å². The minimum Gasteiger partial charge on any atom is -0.444 e. The maximum atomic E-state index is 12.4. The lowest BCUT2D eigenvalue weighted by Crippen LogP contribution is -2.47. The Bertz CT molecular complexity index is 603. The smallest absolute Gasteiger partial charge is 0.407 e. The van der Waals surface area contributed by atoms with Gasteiger partial charge in [0.2, 0.25) is 5.91 Å². The van der Waals surface area contributed by atoms with Crippen molar-refractivity contribution in [1.82, 2.24) is 5.32 Å². The molecular formula is C19H28Cl2N2O3. The summed E-state index contributed by atoms with van der Waals surface area (Å²) in [5.41, 5.74) is 0.0634. The number of benzene rings is 1. The van der Waals surface area contributed by atoms with Crippen LogP contribution < -0.4 is 10.2 Å². The summed E-state index contributed by atoms with van der Waals surface area (Å²) in [4.78, 5) is 26.1. The number of unbranched alkanes of at least 4 members (excludes halogenated alkanes) is 1. The number of alkyl carbamates (subject to hydrolysis) is 1. The maximum Gasteiger partial charge on any atom is 0.407 e. The first-order valence-electron chi connectivity index (χ1n) is 8.77. The van der Waals surface area contributed by atoms with Crippen LogP contribution in [0.5, 0.6) is 0 Å². The van der Waals surface area contributed by atoms with Crippen LogP contribution in [0.4, 0.5) is 10.5 Å². The van der Waals surface area contributed by atoms with E-state index < -0.39 is 11.7 Å². The average molecular weight is 403 g/mol. The number of ether oxygens (including phenoxy) is 1. The lowest BCUT2D eigenvalue weighted by molar-refractivity contribution is -0.116. The summed E-state index contributed by atoms with van der Waals surface area (Å²) in [6.07, 6.45) is 2.12. The van der Waals surface area contributed by atoms with E-state index in [1.807, 2.05) is 20.8 Å². The van der Waals surface area contributed by atoms with Gasteiger partial charge < -0.3 is 15.0 Å². The summed E-state index contributed by atoms with van der Waals surface area (Å²) in [6, 6.07) is 6.75. The third-order valence-corrected chi connectivity index (χ3v) is 4.03. The van der Waals surface area contributed by atoms with Crippen molar-refractivity contribution in [3.05, 3.63) is 29.3 Å². The summed E-state index contributed by atoms with van der Waals surface area (Å²) >= 11 is 11.8. The number of hydrogen-bond donors (Lipinski definition) is 1. The number of carbonyl (C=O) groups excluding carboxylic acids is 2. The Kier molecular flexibility index (Phi) is 9.23. The first kappa shape index (κ1) is 22.6. The van der Waals surface area contributed by atoms with Gasteiger partial charge in [-0.05, 0) is 45.4 Å². The molecule has 1 atom stereocenters. The van der Waals surface area contributed by atoms with Gasteiger partial charge in [0.05, 0.1) is 6.04 Å². The summed E-state index contributed by atoms with van der Waals surface area (Å²) in [6.45, 7) is 7.79. The SMILES string of the molecule is CCCC[C@@H](CN(C(=O)CCl)c1cccc(Cl)c1)NC(=O)OC(C)(C)C. The largest absolute Gasteiger partial charge is 0.444 e. The molecule has 7 heteroatoms. The molecule has 0 saturated heterocycles. The zero-order valence-electron chi connectivity index (χ0n) is 15.9. The number of hydrogen-bond acceptors (Lipinski definition) is 3. The Hall–Kier alpha value is -1.46. The number of anilines is 1. The summed E-state index contributed by atoms with van der Waals surface area (Å²) < 4.78 is 5.34. The van der Waals surface area contributed by atoms with E-state index in [2.05, 4.69) is 12.2 Å². The molecule has 1 N–H and O–H groups in total. The molecule has 2 amide bonds. The van der Waals surface area contributed by atoms with Crippen molar-refractivity contribution >= 4 is 40.9 Å². The van der Waals surface area contributed by atoms with E-state index in [1.54, 1.807) is 29.2 Å². The van der Waals surface area contributed by atoms with Crippen LogP contribution in [0, 0.1) is 0 Å². The van der Waals surface area contributed by atoms with Gasteiger partial charge in [-0.3, -0.25) is 4.79 Å². The molecule has 1 aromatic carbocycles. The molecule has 0 radical (unpaired) electrons. The summed E-state index contributed by atoms with van der Waals surface area (Å²) in [5, 5.41) is 3.40. The van der Waals surface area contributed by atoms with Gasteiger partial charge in [-0.1, -0.05) is 37.4 Å². The van der Waals surface area contributed by atoms with Crippen molar-refractivity contribution in [3.8, 4) is 0 Å². The quantitative estimate of drug-likeness (QED) is 0.622. The van der Waals surface area contributed by atoms with Crippen LogP contribution in [0.2, 0.25) is 5.02 Å². The molecule has 5 nitrogen and oxygen atoms in total. The molecule has 0 spiro atoms. The van der Waals surface area contributed by atoms with Crippen molar-refractivity contribution in [2.24, 2.45) is 0 Å². The molecule has 1 aromatic rings. The standard InChI is InChI=1S/C19H28Cl2N2O3/c1-5-6-9-15(22-18(25)26-19(2,3)4)13-23(17(24)12-20)16-10-7-8-14(21)11-16/h7-8,10-11,15H,5-6,9,12-13H2,1-4H3,(H,22,25)/t15-/m0/s1. The van der Waals surface area contributed by atoms with E-state index in [0.29, 0.717) is 17.3 Å². The molecule has 0 unspecified atom stereocenters. The Morgan fingerprint density at radius 1 is 1.31 bits per heavy atom. The van der Waals surface area contributed by atoms with E-state index >= 15 is 0 Å². The lowest BCUT2D eigenvalue weighted by Gasteiger charge is -2.29. The van der Waals surface area contributed by atoms with Crippen molar-refractivity contribution in [2.75, 3.05) is 17.3 Å². The van der Waals surface area contributed by atoms with E-state index in [-0.39, 0.29) is 17.8 Å². The topological polar surface area (TPSA) is 58.6 Å². The summed E-state index contributed by atoms with van der Waals surface area (Å²) in [7, 11) is 0. The normalized spacial score (nSPS) is 12.4. The fourth-order valence-electron chi connectivity index (χ4n) is 2.42. The Balaban J connectivity index is 2.95. The molecule has 0 heterocycles. The lowest BCUT2D eigenvalue weighted by atomic mass is 10.1. The van der Waals surface area contributed by atoms with E-state index in [1.165, 1.54) is 0 Å². The molecule has 0 aliphatic carbocycles. The highest BCUT2D eigenvalue weighted by Crippen LogP contribution is 2.21. The number of amides is 2. The predicted molar refractivity (Wildman–Crippen MR) is 107 cm³/mol. The van der Waals surface area contributed by atoms with Crippen molar-refractivity contribution in [1.29, 1.82) is 0 Å². The second kappa shape index (κ2) is 10.6. The molecule has 0 fully saturated rings. The fraction of sp³-hybridized carbons (Fsp3) is 0.579. The van der Waals surface area contributed by atoms with E-state index in [0.717, 1.165) is 19.3 Å². The van der Waals surface area contributed by atoms with Gasteiger partial charge >= 0.3 is 6.09 Å². The Labute approximate surface area is 166 Å². The van der Waals surface area contributed by atoms with Crippen LogP contribution in [0.3, 0.4) is 0 Å². The third-order valence-electron chi connectivity index (χ3n) is 3.57. The van der Waals surface area contributed by atoms with E-state index in [9.17, 15) is 9.59 Å². The van der Waals surface area contributed by atoms with Gasteiger partial charge in [-0.15, -0.1) is 11.6 Å². The average Bonchev–Trinajstić information content (AvgIpc) is 2.54. The minimum atomic E-state index is -0.585. The highest BCUT2D eigenvalue weighted by Gasteiger charge is 2.24. The second-order valence-electron chi connectivity index (χ2n) is 7.10. The molecule has 0 aromatic heterocycles. The highest BCUT2D eigenvalue weighted by atomic mass is 35.5. The number of nitrogens with zero attached hydrogens (tertiary/aromatic N) is 1. The molecule has 0 saturated carbocycles. The third kappa shape index (κ3) is 8.28. The molecule has 0 aliphatic heterocycles. The molecule has 0 aliphatic rings. The van der Waals surface area contributed by atoms with E-state index in [4.69, 9.17) is 27.9 Å². The van der Waals surface area contributed by atoms with Crippen molar-refractivity contribution < 1.29 is 14.3 Å². The highest BCUT2D eigenvalue weighted by molar-refractivity contribution is 6.31. The number of alkyl halides is 1. The van der Waals surface area contributed by atoms with Gasteiger partial charge in [0, 0.05) is 17.3 Å². The number of rotatable bonds is 8. The fourth-order valence-corrected chi connectivity index (χ4v) is 2.75. The zero-order chi connectivity index (χ0) is 19.7. The van der Waals surface area contributed by atoms with Gasteiger partial charge in [0.25, 0.3) is 0 Å². The van der Waals surface area contributed by atoms with Gasteiger partial charge in [-0.25, -0.2) is 4.79 Å². The molecule has 26 heavy (non-hydrogen) atoms. The van der Waals surface area contributed by atoms with Gasteiger partial charge in [-0.2, -0.15) is 0 Å². The number of nitrogens with one attached hydrogen (secondary N) is 1. The Morgan fingerprint density at radius 2 is 2.00 bits per heavy atom. The molecule has 146 valence electrons. The van der Waals surface area contributed by atoms with Crippen LogP contribution in [0.25, 0.3) is 0 Å². The molecular weight excluding hydrogens is 375 g/mol. The van der Waals surface area contributed by atoms with Gasteiger partial charge in [0.15, 0.2) is 0 Å². The number of halogens is 2. The number of carbonyl (C=O) groups is 2. The second-order valence-corrected chi connectivity index (χ2v) is 7.81. The Morgan fingerprint density at radius 3 is 2.54 bits per heavy atom. The minimum absolute atomic E-state index is 0.153. The predicted octanol–water partition coefficient (Wildman–Crippen LogP) is 5.00. The maximum absolute atomic E-state index is 12.4.